The fourth-order valence-corrected chi connectivity index (χ4v) is 4.72. The van der Waals surface area contributed by atoms with Crippen LogP contribution in [-0.4, -0.2) is 42.3 Å². The molecule has 2 heterocycles. The molecule has 0 radical (unpaired) electrons. The Hall–Kier alpha value is -0.290. The number of rotatable bonds is 2. The van der Waals surface area contributed by atoms with Gasteiger partial charge < -0.3 is 10.2 Å². The summed E-state index contributed by atoms with van der Waals surface area (Å²) >= 11 is 0. The third-order valence-electron chi connectivity index (χ3n) is 5.95. The highest BCUT2D eigenvalue weighted by atomic mass is 19.4. The van der Waals surface area contributed by atoms with Crippen molar-refractivity contribution in [3.05, 3.63) is 0 Å². The number of halogens is 3. The molecule has 2 aliphatic heterocycles. The number of nitrogens with one attached hydrogen (secondary N) is 1. The second-order valence-corrected chi connectivity index (χ2v) is 7.34. The van der Waals surface area contributed by atoms with Crippen LogP contribution in [0.5, 0.6) is 0 Å². The lowest BCUT2D eigenvalue weighted by Crippen LogP contribution is -2.56. The van der Waals surface area contributed by atoms with Gasteiger partial charge in [0, 0.05) is 24.2 Å². The number of piperidine rings is 2. The van der Waals surface area contributed by atoms with Crippen molar-refractivity contribution in [1.29, 1.82) is 0 Å². The molecule has 3 aliphatic rings. The van der Waals surface area contributed by atoms with Crippen molar-refractivity contribution in [3.63, 3.8) is 0 Å². The molecule has 2 nitrogen and oxygen atoms in total. The zero-order chi connectivity index (χ0) is 15.0. The third kappa shape index (κ3) is 3.55. The maximum Gasteiger partial charge on any atom is 0.391 e. The van der Waals surface area contributed by atoms with Crippen LogP contribution in [-0.2, 0) is 0 Å². The molecular weight excluding hydrogens is 277 g/mol. The van der Waals surface area contributed by atoms with E-state index in [9.17, 15) is 13.2 Å². The molecule has 0 amide bonds. The van der Waals surface area contributed by atoms with Crippen LogP contribution in [0.25, 0.3) is 0 Å². The van der Waals surface area contributed by atoms with Crippen molar-refractivity contribution in [1.82, 2.24) is 10.2 Å². The molecular formula is C16H27F3N2. The summed E-state index contributed by atoms with van der Waals surface area (Å²) in [6.45, 7) is 0. The first kappa shape index (κ1) is 15.6. The van der Waals surface area contributed by atoms with Gasteiger partial charge in [0.25, 0.3) is 0 Å². The lowest BCUT2D eigenvalue weighted by atomic mass is 9.80. The van der Waals surface area contributed by atoms with Gasteiger partial charge in [0.1, 0.15) is 0 Å². The minimum Gasteiger partial charge on any atom is -0.311 e. The first-order chi connectivity index (χ1) is 9.93. The van der Waals surface area contributed by atoms with Crippen molar-refractivity contribution in [3.8, 4) is 0 Å². The van der Waals surface area contributed by atoms with E-state index in [1.165, 1.54) is 19.3 Å². The van der Waals surface area contributed by atoms with Gasteiger partial charge in [-0.1, -0.05) is 12.8 Å². The summed E-state index contributed by atoms with van der Waals surface area (Å²) < 4.78 is 38.7. The van der Waals surface area contributed by atoms with Crippen molar-refractivity contribution in [2.24, 2.45) is 5.92 Å². The van der Waals surface area contributed by atoms with Crippen molar-refractivity contribution >= 4 is 0 Å². The Kier molecular flexibility index (Phi) is 4.51. The molecule has 1 saturated carbocycles. The van der Waals surface area contributed by atoms with Gasteiger partial charge in [-0.2, -0.15) is 13.2 Å². The van der Waals surface area contributed by atoms with Crippen LogP contribution in [0.15, 0.2) is 0 Å². The van der Waals surface area contributed by atoms with Crippen molar-refractivity contribution in [2.75, 3.05) is 7.05 Å². The first-order valence-corrected chi connectivity index (χ1v) is 8.48. The summed E-state index contributed by atoms with van der Waals surface area (Å²) in [5, 5.41) is 3.58. The number of alkyl halides is 3. The monoisotopic (exact) mass is 304 g/mol. The molecule has 0 aromatic carbocycles. The third-order valence-corrected chi connectivity index (χ3v) is 5.95. The standard InChI is InChI=1S/C16H27F3N2/c1-21-14-6-3-7-15(21)10-13(9-14)20-12-5-2-4-11(8-12)16(17,18)19/h11-15,20H,2-10H2,1H3. The number of nitrogens with zero attached hydrogens (tertiary/aromatic N) is 1. The van der Waals surface area contributed by atoms with Crippen LogP contribution >= 0.6 is 0 Å². The summed E-state index contributed by atoms with van der Waals surface area (Å²) in [6, 6.07) is 1.77. The average Bonchev–Trinajstić information content (AvgIpc) is 2.39. The zero-order valence-corrected chi connectivity index (χ0v) is 12.8. The van der Waals surface area contributed by atoms with Gasteiger partial charge in [0.2, 0.25) is 0 Å². The molecule has 21 heavy (non-hydrogen) atoms. The highest BCUT2D eigenvalue weighted by Gasteiger charge is 2.43. The molecule has 1 N–H and O–H groups in total. The Balaban J connectivity index is 1.55. The first-order valence-electron chi connectivity index (χ1n) is 8.48. The Morgan fingerprint density at radius 1 is 0.857 bits per heavy atom. The lowest BCUT2D eigenvalue weighted by Gasteiger charge is -2.48. The minimum absolute atomic E-state index is 0.0690. The molecule has 0 spiro atoms. The number of hydrogen-bond donors (Lipinski definition) is 1. The molecule has 0 aromatic rings. The fourth-order valence-electron chi connectivity index (χ4n) is 4.72. The highest BCUT2D eigenvalue weighted by Crippen LogP contribution is 2.38. The SMILES string of the molecule is CN1C2CCCC1CC(NC1CCCC(C(F)(F)F)C1)C2. The van der Waals surface area contributed by atoms with Crippen molar-refractivity contribution < 1.29 is 13.2 Å². The number of fused-ring (bicyclic) bond motifs is 2. The van der Waals surface area contributed by atoms with E-state index in [2.05, 4.69) is 17.3 Å². The maximum absolute atomic E-state index is 12.9. The van der Waals surface area contributed by atoms with Gasteiger partial charge in [-0.3, -0.25) is 0 Å². The fraction of sp³-hybridized carbons (Fsp3) is 1.00. The average molecular weight is 304 g/mol. The van der Waals surface area contributed by atoms with E-state index < -0.39 is 12.1 Å². The molecule has 1 aliphatic carbocycles. The van der Waals surface area contributed by atoms with Gasteiger partial charge >= 0.3 is 6.18 Å². The van der Waals surface area contributed by atoms with Gasteiger partial charge in [-0.25, -0.2) is 0 Å². The van der Waals surface area contributed by atoms with E-state index in [1.807, 2.05) is 0 Å². The van der Waals surface area contributed by atoms with Crippen LogP contribution in [0.3, 0.4) is 0 Å². The second kappa shape index (κ2) is 6.07. The smallest absolute Gasteiger partial charge is 0.311 e. The van der Waals surface area contributed by atoms with Crippen molar-refractivity contribution in [2.45, 2.75) is 88.1 Å². The molecule has 2 saturated heterocycles. The summed E-state index contributed by atoms with van der Waals surface area (Å²) in [6.07, 6.45) is 4.25. The van der Waals surface area contributed by atoms with E-state index in [-0.39, 0.29) is 12.5 Å². The van der Waals surface area contributed by atoms with Crippen LogP contribution in [0.1, 0.15) is 57.8 Å². The predicted molar refractivity (Wildman–Crippen MR) is 77.1 cm³/mol. The Morgan fingerprint density at radius 3 is 2.10 bits per heavy atom. The van der Waals surface area contributed by atoms with Crippen LogP contribution in [0, 0.1) is 5.92 Å². The van der Waals surface area contributed by atoms with Gasteiger partial charge in [-0.15, -0.1) is 0 Å². The Labute approximate surface area is 125 Å². The van der Waals surface area contributed by atoms with E-state index in [0.29, 0.717) is 31.0 Å². The molecule has 2 bridgehead atoms. The van der Waals surface area contributed by atoms with Crippen LogP contribution in [0.4, 0.5) is 13.2 Å². The second-order valence-electron chi connectivity index (χ2n) is 7.34. The maximum atomic E-state index is 12.9. The molecule has 4 atom stereocenters. The number of hydrogen-bond acceptors (Lipinski definition) is 2. The minimum atomic E-state index is -4.01. The van der Waals surface area contributed by atoms with Crippen LogP contribution < -0.4 is 5.32 Å². The summed E-state index contributed by atoms with van der Waals surface area (Å²) in [7, 11) is 2.21. The predicted octanol–water partition coefficient (Wildman–Crippen LogP) is 3.71. The molecule has 3 fully saturated rings. The van der Waals surface area contributed by atoms with E-state index in [0.717, 1.165) is 19.3 Å². The summed E-state index contributed by atoms with van der Waals surface area (Å²) in [5.74, 6) is -1.09. The topological polar surface area (TPSA) is 15.3 Å². The molecule has 0 aromatic heterocycles. The molecule has 4 unspecified atom stereocenters. The molecule has 122 valence electrons. The Bertz CT molecular complexity index is 344. The Morgan fingerprint density at radius 2 is 1.48 bits per heavy atom. The normalized spacial score (nSPS) is 42.0. The van der Waals surface area contributed by atoms with E-state index >= 15 is 0 Å². The van der Waals surface area contributed by atoms with Gasteiger partial charge in [-0.05, 0) is 52.0 Å². The van der Waals surface area contributed by atoms with Crippen LogP contribution in [0.2, 0.25) is 0 Å². The lowest BCUT2D eigenvalue weighted by molar-refractivity contribution is -0.184. The van der Waals surface area contributed by atoms with E-state index in [4.69, 9.17) is 0 Å². The largest absolute Gasteiger partial charge is 0.391 e. The van der Waals surface area contributed by atoms with Gasteiger partial charge in [0.15, 0.2) is 0 Å². The molecule has 3 rings (SSSR count). The van der Waals surface area contributed by atoms with Gasteiger partial charge in [0.05, 0.1) is 5.92 Å². The molecule has 5 heteroatoms. The van der Waals surface area contributed by atoms with E-state index in [1.54, 1.807) is 0 Å². The quantitative estimate of drug-likeness (QED) is 0.836. The zero-order valence-electron chi connectivity index (χ0n) is 12.8. The summed E-state index contributed by atoms with van der Waals surface area (Å²) in [5.41, 5.74) is 0. The highest BCUT2D eigenvalue weighted by molar-refractivity contribution is 4.95. The summed E-state index contributed by atoms with van der Waals surface area (Å²) in [4.78, 5) is 2.50.